The molecular weight excluding hydrogens is 534 g/mol. The van der Waals surface area contributed by atoms with Crippen LogP contribution < -0.4 is 4.74 Å². The fraction of sp³-hybridized carbons (Fsp3) is 0.184. The summed E-state index contributed by atoms with van der Waals surface area (Å²) in [4.78, 5) is 48.2. The molecule has 3 atom stereocenters. The van der Waals surface area contributed by atoms with Crippen LogP contribution in [0.4, 0.5) is 0 Å². The predicted molar refractivity (Wildman–Crippen MR) is 163 cm³/mol. The Kier molecular flexibility index (Phi) is 4.80. The normalized spacial score (nSPS) is 24.5. The molecule has 2 spiro atoms. The second-order valence-electron chi connectivity index (χ2n) is 12.2. The topological polar surface area (TPSA) is 63.7 Å². The Morgan fingerprint density at radius 2 is 1.30 bits per heavy atom. The zero-order valence-corrected chi connectivity index (χ0v) is 23.5. The SMILES string of the molecule is COc1ccc(C2C3Cc4ccccc4CN3C3(C(=O)c4cccc5cccc3c45)C23C(=O)c2ccccc2C3=O)cc1. The van der Waals surface area contributed by atoms with Crippen LogP contribution in [0.25, 0.3) is 10.8 Å². The molecule has 5 aromatic carbocycles. The maximum Gasteiger partial charge on any atom is 0.189 e. The summed E-state index contributed by atoms with van der Waals surface area (Å²) in [5.41, 5.74) is 2.11. The number of fused-ring (bicyclic) bond motifs is 6. The van der Waals surface area contributed by atoms with Crippen LogP contribution in [-0.4, -0.2) is 35.4 Å². The molecule has 0 amide bonds. The lowest BCUT2D eigenvalue weighted by Gasteiger charge is -2.45. The number of carbonyl (C=O) groups is 3. The van der Waals surface area contributed by atoms with Crippen LogP contribution in [0.2, 0.25) is 0 Å². The summed E-state index contributed by atoms with van der Waals surface area (Å²) < 4.78 is 5.49. The first-order valence-electron chi connectivity index (χ1n) is 14.8. The molecule has 5 nitrogen and oxygen atoms in total. The van der Waals surface area contributed by atoms with Gasteiger partial charge >= 0.3 is 0 Å². The molecular formula is C38H27NO4. The van der Waals surface area contributed by atoms with Crippen LogP contribution in [0.3, 0.4) is 0 Å². The summed E-state index contributed by atoms with van der Waals surface area (Å²) in [5.74, 6) is -0.559. The molecule has 2 heterocycles. The van der Waals surface area contributed by atoms with Crippen LogP contribution >= 0.6 is 0 Å². The Labute approximate surface area is 248 Å². The number of hydrogen-bond donors (Lipinski definition) is 0. The van der Waals surface area contributed by atoms with Crippen LogP contribution in [0.5, 0.6) is 5.75 Å². The third-order valence-corrected chi connectivity index (χ3v) is 10.6. The molecule has 4 aliphatic rings. The second-order valence-corrected chi connectivity index (χ2v) is 12.2. The van der Waals surface area contributed by atoms with Crippen molar-refractivity contribution in [3.8, 4) is 5.75 Å². The lowest BCUT2D eigenvalue weighted by molar-refractivity contribution is 0.0193. The summed E-state index contributed by atoms with van der Waals surface area (Å²) in [7, 11) is 1.62. The molecule has 2 aliphatic carbocycles. The molecule has 9 rings (SSSR count). The van der Waals surface area contributed by atoms with E-state index in [1.54, 1.807) is 19.2 Å². The van der Waals surface area contributed by atoms with Gasteiger partial charge in [0.05, 0.1) is 7.11 Å². The van der Waals surface area contributed by atoms with Crippen LogP contribution in [-0.2, 0) is 18.5 Å². The Hall–Kier alpha value is -4.87. The van der Waals surface area contributed by atoms with Crippen LogP contribution in [0, 0.1) is 5.41 Å². The fourth-order valence-corrected chi connectivity index (χ4v) is 9.08. The van der Waals surface area contributed by atoms with E-state index in [1.165, 1.54) is 5.56 Å². The maximum absolute atomic E-state index is 15.4. The van der Waals surface area contributed by atoms with Gasteiger partial charge in [-0.2, -0.15) is 0 Å². The lowest BCUT2D eigenvalue weighted by atomic mass is 9.56. The number of carbonyl (C=O) groups excluding carboxylic acids is 3. The highest BCUT2D eigenvalue weighted by Crippen LogP contribution is 2.70. The molecule has 5 heteroatoms. The van der Waals surface area contributed by atoms with E-state index in [4.69, 9.17) is 4.74 Å². The Morgan fingerprint density at radius 3 is 2.00 bits per heavy atom. The molecule has 43 heavy (non-hydrogen) atoms. The first-order chi connectivity index (χ1) is 21.0. The third kappa shape index (κ3) is 2.71. The summed E-state index contributed by atoms with van der Waals surface area (Å²) >= 11 is 0. The Bertz CT molecular complexity index is 2020. The first kappa shape index (κ1) is 24.7. The van der Waals surface area contributed by atoms with E-state index in [9.17, 15) is 0 Å². The van der Waals surface area contributed by atoms with Gasteiger partial charge in [-0.15, -0.1) is 0 Å². The molecule has 0 aromatic heterocycles. The fourth-order valence-electron chi connectivity index (χ4n) is 9.08. The number of Topliss-reactive ketones (excluding diaryl/α,β-unsaturated/α-hetero) is 3. The number of rotatable bonds is 2. The van der Waals surface area contributed by atoms with Crippen LogP contribution in [0.1, 0.15) is 59.2 Å². The number of benzene rings is 5. The monoisotopic (exact) mass is 561 g/mol. The summed E-state index contributed by atoms with van der Waals surface area (Å²) in [5, 5.41) is 1.78. The summed E-state index contributed by atoms with van der Waals surface area (Å²) in [6.07, 6.45) is 0.618. The van der Waals surface area contributed by atoms with Crippen molar-refractivity contribution in [2.24, 2.45) is 5.41 Å². The molecule has 5 aromatic rings. The minimum absolute atomic E-state index is 0.158. The summed E-state index contributed by atoms with van der Waals surface area (Å²) in [6, 6.07) is 34.6. The van der Waals surface area contributed by atoms with Gasteiger partial charge in [-0.1, -0.05) is 97.1 Å². The number of methoxy groups -OCH3 is 1. The van der Waals surface area contributed by atoms with E-state index in [-0.39, 0.29) is 23.4 Å². The molecule has 0 radical (unpaired) electrons. The van der Waals surface area contributed by atoms with Crippen molar-refractivity contribution < 1.29 is 19.1 Å². The highest BCUT2D eigenvalue weighted by atomic mass is 16.5. The van der Waals surface area contributed by atoms with E-state index in [0.717, 1.165) is 27.5 Å². The van der Waals surface area contributed by atoms with Gasteiger partial charge in [-0.05, 0) is 51.6 Å². The van der Waals surface area contributed by atoms with Gasteiger partial charge in [0.2, 0.25) is 0 Å². The number of ether oxygens (including phenoxy) is 1. The lowest BCUT2D eigenvalue weighted by Crippen LogP contribution is -2.60. The quantitative estimate of drug-likeness (QED) is 0.229. The van der Waals surface area contributed by atoms with Gasteiger partial charge < -0.3 is 4.74 Å². The highest BCUT2D eigenvalue weighted by Gasteiger charge is 2.81. The average molecular weight is 562 g/mol. The number of ketones is 3. The average Bonchev–Trinajstić information content (AvgIpc) is 3.56. The second kappa shape index (κ2) is 8.36. The first-order valence-corrected chi connectivity index (χ1v) is 14.8. The van der Waals surface area contributed by atoms with Crippen molar-refractivity contribution in [3.63, 3.8) is 0 Å². The molecule has 3 unspecified atom stereocenters. The van der Waals surface area contributed by atoms with Gasteiger partial charge in [-0.25, -0.2) is 0 Å². The largest absolute Gasteiger partial charge is 0.497 e. The zero-order chi connectivity index (χ0) is 29.1. The Balaban J connectivity index is 1.44. The van der Waals surface area contributed by atoms with Gasteiger partial charge in [0.15, 0.2) is 17.3 Å². The molecule has 0 bridgehead atoms. The Morgan fingerprint density at radius 1 is 0.674 bits per heavy atom. The van der Waals surface area contributed by atoms with Crippen molar-refractivity contribution in [1.82, 2.24) is 4.90 Å². The molecule has 0 saturated carbocycles. The van der Waals surface area contributed by atoms with Crippen molar-refractivity contribution in [3.05, 3.63) is 148 Å². The molecule has 2 aliphatic heterocycles. The van der Waals surface area contributed by atoms with E-state index in [0.29, 0.717) is 35.4 Å². The van der Waals surface area contributed by atoms with Crippen molar-refractivity contribution in [1.29, 1.82) is 0 Å². The molecule has 1 saturated heterocycles. The standard InChI is InChI=1S/C38H27NO4/c1-43-26-18-16-23(17-19-26)33-31-20-24-8-2-3-9-25(24)21-39(31)38(37(33)34(40)27-12-4-5-13-28(27)35(37)41)30-15-7-11-22-10-6-14-29(32(22)30)36(38)42/h2-19,31,33H,20-21H2,1H3. The van der Waals surface area contributed by atoms with E-state index >= 15 is 14.4 Å². The van der Waals surface area contributed by atoms with Crippen molar-refractivity contribution in [2.75, 3.05) is 7.11 Å². The smallest absolute Gasteiger partial charge is 0.189 e. The number of nitrogens with zero attached hydrogens (tertiary/aromatic N) is 1. The van der Waals surface area contributed by atoms with E-state index in [1.807, 2.05) is 84.9 Å². The molecule has 0 N–H and O–H groups in total. The van der Waals surface area contributed by atoms with Crippen LogP contribution in [0.15, 0.2) is 109 Å². The van der Waals surface area contributed by atoms with Crippen molar-refractivity contribution >= 4 is 28.1 Å². The summed E-state index contributed by atoms with van der Waals surface area (Å²) in [6.45, 7) is 0.461. The van der Waals surface area contributed by atoms with Gasteiger partial charge in [0, 0.05) is 35.2 Å². The third-order valence-electron chi connectivity index (χ3n) is 10.6. The predicted octanol–water partition coefficient (Wildman–Crippen LogP) is 6.53. The number of hydrogen-bond acceptors (Lipinski definition) is 5. The van der Waals surface area contributed by atoms with Crippen molar-refractivity contribution in [2.45, 2.75) is 30.5 Å². The van der Waals surface area contributed by atoms with Gasteiger partial charge in [-0.3, -0.25) is 19.3 Å². The minimum Gasteiger partial charge on any atom is -0.497 e. The molecule has 208 valence electrons. The zero-order valence-electron chi connectivity index (χ0n) is 23.5. The highest BCUT2D eigenvalue weighted by molar-refractivity contribution is 6.36. The van der Waals surface area contributed by atoms with E-state index < -0.39 is 16.9 Å². The minimum atomic E-state index is -1.69. The maximum atomic E-state index is 15.4. The van der Waals surface area contributed by atoms with Gasteiger partial charge in [0.25, 0.3) is 0 Å². The van der Waals surface area contributed by atoms with Gasteiger partial charge in [0.1, 0.15) is 16.7 Å². The molecule has 1 fully saturated rings. The van der Waals surface area contributed by atoms with E-state index in [2.05, 4.69) is 17.0 Å².